The molecule has 2 atom stereocenters. The standard InChI is InChI=1S/C14H19ClN4S/c1-2-11(16)8-12(17)14-18-13(19-20-14)7-9-3-5-10(15)6-4-9/h3-6,11-12H,2,7-8,16-17H2,1H3. The Hall–Kier alpha value is -1.01. The maximum absolute atomic E-state index is 6.11. The van der Waals surface area contributed by atoms with Gasteiger partial charge in [0, 0.05) is 17.5 Å². The number of benzene rings is 1. The Morgan fingerprint density at radius 2 is 1.95 bits per heavy atom. The Kier molecular flexibility index (Phi) is 5.48. The van der Waals surface area contributed by atoms with Crippen LogP contribution in [0.15, 0.2) is 24.3 Å². The van der Waals surface area contributed by atoms with Gasteiger partial charge in [-0.1, -0.05) is 30.7 Å². The summed E-state index contributed by atoms with van der Waals surface area (Å²) in [5.74, 6) is 0.799. The fourth-order valence-corrected chi connectivity index (χ4v) is 2.68. The van der Waals surface area contributed by atoms with Gasteiger partial charge in [0.05, 0.1) is 6.04 Å². The molecular weight excluding hydrogens is 292 g/mol. The summed E-state index contributed by atoms with van der Waals surface area (Å²) in [6.45, 7) is 2.06. The predicted molar refractivity (Wildman–Crippen MR) is 84.0 cm³/mol. The number of hydrogen-bond donors (Lipinski definition) is 2. The van der Waals surface area contributed by atoms with Gasteiger partial charge < -0.3 is 11.5 Å². The highest BCUT2D eigenvalue weighted by molar-refractivity contribution is 7.05. The lowest BCUT2D eigenvalue weighted by atomic mass is 10.1. The number of aromatic nitrogens is 2. The first-order chi connectivity index (χ1) is 9.58. The normalized spacial score (nSPS) is 14.2. The Morgan fingerprint density at radius 3 is 2.60 bits per heavy atom. The first-order valence-electron chi connectivity index (χ1n) is 6.66. The second-order valence-electron chi connectivity index (χ2n) is 4.86. The van der Waals surface area contributed by atoms with E-state index in [2.05, 4.69) is 16.3 Å². The molecule has 0 amide bonds. The van der Waals surface area contributed by atoms with Gasteiger partial charge in [0.1, 0.15) is 10.8 Å². The van der Waals surface area contributed by atoms with Gasteiger partial charge in [-0.3, -0.25) is 0 Å². The van der Waals surface area contributed by atoms with Crippen molar-refractivity contribution in [3.05, 3.63) is 45.7 Å². The summed E-state index contributed by atoms with van der Waals surface area (Å²) in [5.41, 5.74) is 13.2. The van der Waals surface area contributed by atoms with Crippen LogP contribution in [0.2, 0.25) is 5.02 Å². The van der Waals surface area contributed by atoms with E-state index in [1.54, 1.807) is 0 Å². The van der Waals surface area contributed by atoms with Crippen LogP contribution >= 0.6 is 23.1 Å². The van der Waals surface area contributed by atoms with E-state index < -0.39 is 0 Å². The molecule has 108 valence electrons. The fraction of sp³-hybridized carbons (Fsp3) is 0.429. The minimum absolute atomic E-state index is 0.119. The molecule has 4 nitrogen and oxygen atoms in total. The summed E-state index contributed by atoms with van der Waals surface area (Å²) in [7, 11) is 0. The highest BCUT2D eigenvalue weighted by Gasteiger charge is 2.15. The van der Waals surface area contributed by atoms with Crippen molar-refractivity contribution in [3.63, 3.8) is 0 Å². The van der Waals surface area contributed by atoms with Crippen LogP contribution in [-0.2, 0) is 6.42 Å². The Morgan fingerprint density at radius 1 is 1.25 bits per heavy atom. The summed E-state index contributed by atoms with van der Waals surface area (Å²) >= 11 is 7.23. The Bertz CT molecular complexity index is 540. The van der Waals surface area contributed by atoms with E-state index >= 15 is 0 Å². The van der Waals surface area contributed by atoms with E-state index in [0.717, 1.165) is 34.3 Å². The monoisotopic (exact) mass is 310 g/mol. The maximum atomic E-state index is 6.11. The zero-order valence-corrected chi connectivity index (χ0v) is 13.0. The minimum Gasteiger partial charge on any atom is -0.328 e. The smallest absolute Gasteiger partial charge is 0.147 e. The molecule has 0 aliphatic heterocycles. The molecule has 1 aromatic heterocycles. The van der Waals surface area contributed by atoms with Gasteiger partial charge in [0.2, 0.25) is 0 Å². The highest BCUT2D eigenvalue weighted by atomic mass is 35.5. The molecule has 0 spiro atoms. The SMILES string of the molecule is CCC(N)CC(N)c1nc(Cc2ccc(Cl)cc2)ns1. The van der Waals surface area contributed by atoms with E-state index in [4.69, 9.17) is 23.1 Å². The van der Waals surface area contributed by atoms with Crippen LogP contribution in [0.4, 0.5) is 0 Å². The van der Waals surface area contributed by atoms with Crippen molar-refractivity contribution in [1.82, 2.24) is 9.36 Å². The molecule has 1 aromatic carbocycles. The number of nitrogens with zero attached hydrogens (tertiary/aromatic N) is 2. The van der Waals surface area contributed by atoms with Crippen molar-refractivity contribution in [1.29, 1.82) is 0 Å². The maximum Gasteiger partial charge on any atom is 0.147 e. The van der Waals surface area contributed by atoms with Crippen LogP contribution in [0.1, 0.15) is 42.2 Å². The van der Waals surface area contributed by atoms with Crippen molar-refractivity contribution < 1.29 is 0 Å². The van der Waals surface area contributed by atoms with Crippen molar-refractivity contribution in [2.45, 2.75) is 38.3 Å². The zero-order valence-electron chi connectivity index (χ0n) is 11.4. The molecule has 1 heterocycles. The van der Waals surface area contributed by atoms with Gasteiger partial charge in [0.15, 0.2) is 0 Å². The molecule has 6 heteroatoms. The molecule has 0 aliphatic rings. The summed E-state index contributed by atoms with van der Waals surface area (Å²) in [4.78, 5) is 4.51. The number of nitrogens with two attached hydrogens (primary N) is 2. The number of rotatable bonds is 6. The molecule has 0 fully saturated rings. The van der Waals surface area contributed by atoms with Gasteiger partial charge in [-0.25, -0.2) is 4.98 Å². The first-order valence-corrected chi connectivity index (χ1v) is 7.81. The number of hydrogen-bond acceptors (Lipinski definition) is 5. The average molecular weight is 311 g/mol. The van der Waals surface area contributed by atoms with Crippen molar-refractivity contribution in [3.8, 4) is 0 Å². The number of halogens is 1. The highest BCUT2D eigenvalue weighted by Crippen LogP contribution is 2.20. The first kappa shape index (κ1) is 15.4. The summed E-state index contributed by atoms with van der Waals surface area (Å²) < 4.78 is 4.36. The second kappa shape index (κ2) is 7.13. The molecule has 2 unspecified atom stereocenters. The molecule has 0 saturated carbocycles. The zero-order chi connectivity index (χ0) is 14.5. The molecule has 2 aromatic rings. The predicted octanol–water partition coefficient (Wildman–Crippen LogP) is 2.91. The molecule has 0 bridgehead atoms. The fourth-order valence-electron chi connectivity index (χ4n) is 1.87. The third-order valence-corrected chi connectivity index (χ3v) is 4.29. The van der Waals surface area contributed by atoms with E-state index in [-0.39, 0.29) is 12.1 Å². The summed E-state index contributed by atoms with van der Waals surface area (Å²) in [5, 5.41) is 1.59. The molecule has 20 heavy (non-hydrogen) atoms. The second-order valence-corrected chi connectivity index (χ2v) is 6.08. The van der Waals surface area contributed by atoms with E-state index in [0.29, 0.717) is 6.42 Å². The quantitative estimate of drug-likeness (QED) is 0.860. The summed E-state index contributed by atoms with van der Waals surface area (Å²) in [6.07, 6.45) is 2.36. The van der Waals surface area contributed by atoms with Crippen molar-refractivity contribution >= 4 is 23.1 Å². The van der Waals surface area contributed by atoms with E-state index in [1.807, 2.05) is 24.3 Å². The van der Waals surface area contributed by atoms with E-state index in [1.165, 1.54) is 11.5 Å². The lowest BCUT2D eigenvalue weighted by molar-refractivity contribution is 0.523. The topological polar surface area (TPSA) is 77.8 Å². The minimum atomic E-state index is -0.124. The molecule has 0 aliphatic carbocycles. The summed E-state index contributed by atoms with van der Waals surface area (Å²) in [6, 6.07) is 7.70. The third-order valence-electron chi connectivity index (χ3n) is 3.16. The Balaban J connectivity index is 1.99. The lowest BCUT2D eigenvalue weighted by Gasteiger charge is -2.12. The van der Waals surface area contributed by atoms with Crippen LogP contribution in [0.3, 0.4) is 0 Å². The molecule has 2 rings (SSSR count). The van der Waals surface area contributed by atoms with Gasteiger partial charge in [-0.05, 0) is 42.1 Å². The van der Waals surface area contributed by atoms with Gasteiger partial charge in [0.25, 0.3) is 0 Å². The molecule has 4 N–H and O–H groups in total. The van der Waals surface area contributed by atoms with Crippen LogP contribution < -0.4 is 11.5 Å². The largest absolute Gasteiger partial charge is 0.328 e. The van der Waals surface area contributed by atoms with E-state index in [9.17, 15) is 0 Å². The molecule has 0 saturated heterocycles. The Labute approximate surface area is 128 Å². The van der Waals surface area contributed by atoms with Crippen LogP contribution in [0.25, 0.3) is 0 Å². The average Bonchev–Trinajstić information content (AvgIpc) is 2.90. The van der Waals surface area contributed by atoms with Crippen LogP contribution in [-0.4, -0.2) is 15.4 Å². The molecular formula is C14H19ClN4S. The van der Waals surface area contributed by atoms with Gasteiger partial charge >= 0.3 is 0 Å². The van der Waals surface area contributed by atoms with Crippen LogP contribution in [0.5, 0.6) is 0 Å². The van der Waals surface area contributed by atoms with Crippen molar-refractivity contribution in [2.75, 3.05) is 0 Å². The van der Waals surface area contributed by atoms with Crippen molar-refractivity contribution in [2.24, 2.45) is 11.5 Å². The van der Waals surface area contributed by atoms with Gasteiger partial charge in [-0.15, -0.1) is 0 Å². The van der Waals surface area contributed by atoms with Crippen LogP contribution in [0, 0.1) is 0 Å². The third kappa shape index (κ3) is 4.24. The lowest BCUT2D eigenvalue weighted by Crippen LogP contribution is -2.25. The van der Waals surface area contributed by atoms with Gasteiger partial charge in [-0.2, -0.15) is 4.37 Å². The molecule has 0 radical (unpaired) electrons.